The summed E-state index contributed by atoms with van der Waals surface area (Å²) in [6.07, 6.45) is 0.115. The Morgan fingerprint density at radius 1 is 1.37 bits per heavy atom. The van der Waals surface area contributed by atoms with E-state index in [2.05, 4.69) is 5.32 Å². The maximum Gasteiger partial charge on any atom is 0.224 e. The molecule has 5 N–H and O–H groups in total. The summed E-state index contributed by atoms with van der Waals surface area (Å²) >= 11 is 0. The molecule has 0 aliphatic carbocycles. The van der Waals surface area contributed by atoms with E-state index in [1.165, 1.54) is 0 Å². The molecule has 0 radical (unpaired) electrons. The smallest absolute Gasteiger partial charge is 0.224 e. The Balaban J connectivity index is 2.37. The van der Waals surface area contributed by atoms with E-state index in [9.17, 15) is 4.79 Å². The largest absolute Gasteiger partial charge is 0.491 e. The monoisotopic (exact) mass is 268 g/mol. The van der Waals surface area contributed by atoms with Crippen molar-refractivity contribution in [3.8, 4) is 5.75 Å². The van der Waals surface area contributed by atoms with Gasteiger partial charge in [-0.3, -0.25) is 4.79 Å². The second-order valence-electron chi connectivity index (χ2n) is 4.56. The third-order valence-corrected chi connectivity index (χ3v) is 2.64. The van der Waals surface area contributed by atoms with E-state index < -0.39 is 5.54 Å². The molecule has 0 saturated carbocycles. The summed E-state index contributed by atoms with van der Waals surface area (Å²) in [5.74, 6) is 0.225. The van der Waals surface area contributed by atoms with Gasteiger partial charge in [0.05, 0.1) is 37.5 Å². The van der Waals surface area contributed by atoms with Crippen LogP contribution in [0, 0.1) is 0 Å². The van der Waals surface area contributed by atoms with Gasteiger partial charge < -0.3 is 26.0 Å². The number of rotatable bonds is 7. The topological polar surface area (TPSA) is 105 Å². The molecular weight excluding hydrogens is 248 g/mol. The lowest BCUT2D eigenvalue weighted by Gasteiger charge is -2.26. The number of nitrogens with two attached hydrogens (primary N) is 1. The number of nitrogen functional groups attached to an aromatic ring is 1. The first kappa shape index (κ1) is 15.3. The predicted molar refractivity (Wildman–Crippen MR) is 71.7 cm³/mol. The molecule has 0 aromatic heterocycles. The van der Waals surface area contributed by atoms with Crippen LogP contribution in [-0.2, 0) is 4.79 Å². The quantitative estimate of drug-likeness (QED) is 0.517. The lowest BCUT2D eigenvalue weighted by atomic mass is 10.1. The van der Waals surface area contributed by atoms with E-state index in [1.807, 2.05) is 0 Å². The van der Waals surface area contributed by atoms with Crippen LogP contribution >= 0.6 is 0 Å². The molecule has 0 unspecified atom stereocenters. The zero-order valence-electron chi connectivity index (χ0n) is 10.9. The molecule has 0 spiro atoms. The van der Waals surface area contributed by atoms with Crippen molar-refractivity contribution in [3.05, 3.63) is 24.3 Å². The number of carbonyl (C=O) groups excluding carboxylic acids is 1. The number of nitrogens with one attached hydrogen (secondary N) is 1. The van der Waals surface area contributed by atoms with Crippen molar-refractivity contribution in [1.29, 1.82) is 0 Å². The van der Waals surface area contributed by atoms with E-state index in [4.69, 9.17) is 20.7 Å². The van der Waals surface area contributed by atoms with Gasteiger partial charge in [0.15, 0.2) is 0 Å². The minimum Gasteiger partial charge on any atom is -0.491 e. The number of benzene rings is 1. The van der Waals surface area contributed by atoms with E-state index in [-0.39, 0.29) is 32.1 Å². The van der Waals surface area contributed by atoms with Gasteiger partial charge in [-0.15, -0.1) is 0 Å². The van der Waals surface area contributed by atoms with Gasteiger partial charge in [-0.05, 0) is 19.1 Å². The molecule has 1 aromatic carbocycles. The van der Waals surface area contributed by atoms with Gasteiger partial charge in [0.1, 0.15) is 5.75 Å². The van der Waals surface area contributed by atoms with Crippen molar-refractivity contribution in [2.24, 2.45) is 0 Å². The molecular formula is C13H20N2O4. The summed E-state index contributed by atoms with van der Waals surface area (Å²) < 4.78 is 5.38. The van der Waals surface area contributed by atoms with Crippen LogP contribution in [0.4, 0.5) is 5.69 Å². The van der Waals surface area contributed by atoms with Gasteiger partial charge >= 0.3 is 0 Å². The Hall–Kier alpha value is -1.79. The number of aliphatic hydroxyl groups is 2. The predicted octanol–water partition coefficient (Wildman–Crippen LogP) is -0.103. The van der Waals surface area contributed by atoms with Crippen molar-refractivity contribution in [2.75, 3.05) is 25.6 Å². The van der Waals surface area contributed by atoms with Gasteiger partial charge in [0.25, 0.3) is 0 Å². The third kappa shape index (κ3) is 4.76. The van der Waals surface area contributed by atoms with E-state index >= 15 is 0 Å². The summed E-state index contributed by atoms with van der Waals surface area (Å²) in [6, 6.07) is 7.02. The Kier molecular flexibility index (Phi) is 5.59. The lowest BCUT2D eigenvalue weighted by Crippen LogP contribution is -2.51. The average Bonchev–Trinajstić information content (AvgIpc) is 2.41. The van der Waals surface area contributed by atoms with Crippen molar-refractivity contribution in [2.45, 2.75) is 18.9 Å². The number of aliphatic hydroxyl groups excluding tert-OH is 2. The molecule has 106 valence electrons. The average molecular weight is 268 g/mol. The van der Waals surface area contributed by atoms with Crippen LogP contribution in [0.25, 0.3) is 0 Å². The van der Waals surface area contributed by atoms with Crippen LogP contribution in [0.5, 0.6) is 5.75 Å². The van der Waals surface area contributed by atoms with E-state index in [0.29, 0.717) is 11.4 Å². The van der Waals surface area contributed by atoms with Crippen LogP contribution in [0.3, 0.4) is 0 Å². The van der Waals surface area contributed by atoms with E-state index in [0.717, 1.165) is 0 Å². The third-order valence-electron chi connectivity index (χ3n) is 2.64. The molecule has 0 fully saturated rings. The molecule has 0 saturated heterocycles. The molecule has 0 atom stereocenters. The number of amides is 1. The van der Waals surface area contributed by atoms with Crippen LogP contribution in [-0.4, -0.2) is 41.5 Å². The molecule has 1 amide bonds. The van der Waals surface area contributed by atoms with Crippen LogP contribution < -0.4 is 15.8 Å². The number of hydrogen-bond acceptors (Lipinski definition) is 5. The van der Waals surface area contributed by atoms with Gasteiger partial charge in [-0.25, -0.2) is 0 Å². The fourth-order valence-corrected chi connectivity index (χ4v) is 1.39. The molecule has 6 heteroatoms. The van der Waals surface area contributed by atoms with Gasteiger partial charge in [-0.1, -0.05) is 12.1 Å². The summed E-state index contributed by atoms with van der Waals surface area (Å²) in [6.45, 7) is 1.07. The van der Waals surface area contributed by atoms with E-state index in [1.54, 1.807) is 31.2 Å². The molecule has 0 heterocycles. The van der Waals surface area contributed by atoms with Gasteiger partial charge in [0, 0.05) is 0 Å². The first-order chi connectivity index (χ1) is 9.00. The summed E-state index contributed by atoms with van der Waals surface area (Å²) in [5, 5.41) is 20.6. The zero-order valence-corrected chi connectivity index (χ0v) is 10.9. The molecule has 19 heavy (non-hydrogen) atoms. The summed E-state index contributed by atoms with van der Waals surface area (Å²) in [5.41, 5.74) is 5.19. The number of hydrogen-bond donors (Lipinski definition) is 4. The molecule has 1 rings (SSSR count). The van der Waals surface area contributed by atoms with Crippen LogP contribution in [0.2, 0.25) is 0 Å². The molecule has 1 aromatic rings. The molecule has 6 nitrogen and oxygen atoms in total. The number of ether oxygens (including phenoxy) is 1. The van der Waals surface area contributed by atoms with Crippen LogP contribution in [0.1, 0.15) is 13.3 Å². The van der Waals surface area contributed by atoms with Crippen molar-refractivity contribution in [3.63, 3.8) is 0 Å². The highest BCUT2D eigenvalue weighted by Crippen LogP contribution is 2.19. The molecule has 0 bridgehead atoms. The second-order valence-corrected chi connectivity index (χ2v) is 4.56. The number of para-hydroxylation sites is 2. The molecule has 0 aliphatic rings. The first-order valence-corrected chi connectivity index (χ1v) is 6.01. The lowest BCUT2D eigenvalue weighted by molar-refractivity contribution is -0.124. The zero-order chi connectivity index (χ0) is 14.3. The highest BCUT2D eigenvalue weighted by molar-refractivity contribution is 5.77. The fraction of sp³-hybridized carbons (Fsp3) is 0.462. The standard InChI is InChI=1S/C13H20N2O4/c1-13(8-16,9-17)15-12(18)6-7-19-11-5-3-2-4-10(11)14/h2-5,16-17H,6-9,14H2,1H3,(H,15,18). The Morgan fingerprint density at radius 3 is 2.58 bits per heavy atom. The first-order valence-electron chi connectivity index (χ1n) is 6.01. The highest BCUT2D eigenvalue weighted by Gasteiger charge is 2.24. The van der Waals surface area contributed by atoms with Crippen LogP contribution in [0.15, 0.2) is 24.3 Å². The minimum atomic E-state index is -1.01. The minimum absolute atomic E-state index is 0.115. The van der Waals surface area contributed by atoms with Crippen molar-refractivity contribution < 1.29 is 19.7 Å². The second kappa shape index (κ2) is 6.96. The summed E-state index contributed by atoms with van der Waals surface area (Å²) in [4.78, 5) is 11.6. The maximum absolute atomic E-state index is 11.6. The normalized spacial score (nSPS) is 11.1. The number of carbonyl (C=O) groups is 1. The van der Waals surface area contributed by atoms with Crippen molar-refractivity contribution >= 4 is 11.6 Å². The van der Waals surface area contributed by atoms with Gasteiger partial charge in [0.2, 0.25) is 5.91 Å². The Morgan fingerprint density at radius 2 is 2.00 bits per heavy atom. The maximum atomic E-state index is 11.6. The highest BCUT2D eigenvalue weighted by atomic mass is 16.5. The van der Waals surface area contributed by atoms with Gasteiger partial charge in [-0.2, -0.15) is 0 Å². The summed E-state index contributed by atoms with van der Waals surface area (Å²) in [7, 11) is 0. The van der Waals surface area contributed by atoms with Crippen molar-refractivity contribution in [1.82, 2.24) is 5.32 Å². The SMILES string of the molecule is CC(CO)(CO)NC(=O)CCOc1ccccc1N. The Labute approximate surface area is 112 Å². The Bertz CT molecular complexity index is 419. The molecule has 0 aliphatic heterocycles. The number of anilines is 1. The fourth-order valence-electron chi connectivity index (χ4n) is 1.39.